The van der Waals surface area contributed by atoms with E-state index in [2.05, 4.69) is 32.1 Å². The van der Waals surface area contributed by atoms with Crippen LogP contribution in [0.1, 0.15) is 34.6 Å². The highest BCUT2D eigenvalue weighted by Gasteiger charge is 2.26. The van der Waals surface area contributed by atoms with E-state index >= 15 is 0 Å². The summed E-state index contributed by atoms with van der Waals surface area (Å²) >= 11 is 0. The number of imidazole rings is 1. The molecule has 2 aliphatic rings. The fraction of sp³-hybridized carbons (Fsp3) is 0.344. The number of fused-ring (bicyclic) bond motifs is 1. The second-order valence-electron chi connectivity index (χ2n) is 11.2. The van der Waals surface area contributed by atoms with Crippen molar-refractivity contribution in [1.29, 1.82) is 0 Å². The molecule has 0 radical (unpaired) electrons. The Morgan fingerprint density at radius 1 is 1.12 bits per heavy atom. The minimum atomic E-state index is -0.384. The molecule has 0 bridgehead atoms. The van der Waals surface area contributed by atoms with Gasteiger partial charge in [0.1, 0.15) is 5.82 Å². The molecule has 0 saturated carbocycles. The summed E-state index contributed by atoms with van der Waals surface area (Å²) < 4.78 is 16.5. The molecule has 10 heteroatoms. The smallest absolute Gasteiger partial charge is 0.291 e. The first kappa shape index (κ1) is 27.7. The molecule has 3 N–H and O–H groups in total. The van der Waals surface area contributed by atoms with Crippen LogP contribution in [0.25, 0.3) is 27.9 Å². The zero-order valence-corrected chi connectivity index (χ0v) is 24.0. The third kappa shape index (κ3) is 5.30. The molecule has 2 aliphatic heterocycles. The number of amides is 2. The van der Waals surface area contributed by atoms with Crippen molar-refractivity contribution < 1.29 is 14.0 Å². The van der Waals surface area contributed by atoms with Crippen LogP contribution in [0.15, 0.2) is 55.4 Å². The highest BCUT2D eigenvalue weighted by atomic mass is 19.1. The first-order valence-corrected chi connectivity index (χ1v) is 14.4. The van der Waals surface area contributed by atoms with Crippen molar-refractivity contribution in [2.75, 3.05) is 44.6 Å². The van der Waals surface area contributed by atoms with Crippen LogP contribution in [0.2, 0.25) is 0 Å². The van der Waals surface area contributed by atoms with Crippen molar-refractivity contribution in [3.05, 3.63) is 78.1 Å². The summed E-state index contributed by atoms with van der Waals surface area (Å²) in [5, 5.41) is 6.99. The topological polar surface area (TPSA) is 98.3 Å². The fourth-order valence-corrected chi connectivity index (χ4v) is 6.13. The van der Waals surface area contributed by atoms with E-state index in [-0.39, 0.29) is 23.5 Å². The number of aryl methyl sites for hydroxylation is 1. The lowest BCUT2D eigenvalue weighted by atomic mass is 10.0. The minimum Gasteiger partial charge on any atom is -0.368 e. The summed E-state index contributed by atoms with van der Waals surface area (Å²) in [6, 6.07) is 10.6. The lowest BCUT2D eigenvalue weighted by Crippen LogP contribution is -2.48. The Bertz CT molecular complexity index is 1660. The Labute approximate surface area is 244 Å². The van der Waals surface area contributed by atoms with E-state index in [0.717, 1.165) is 60.3 Å². The number of carbonyl (C=O) groups excluding carboxylic acids is 2. The zero-order valence-electron chi connectivity index (χ0n) is 24.0. The molecule has 2 aromatic carbocycles. The number of nitrogens with one attached hydrogen (secondary N) is 3. The summed E-state index contributed by atoms with van der Waals surface area (Å²) in [4.78, 5) is 37.5. The lowest BCUT2D eigenvalue weighted by molar-refractivity contribution is -0.133. The third-order valence-corrected chi connectivity index (χ3v) is 8.57. The van der Waals surface area contributed by atoms with Crippen molar-refractivity contribution in [3.8, 4) is 11.3 Å². The SMILES string of the molecule is C=C(c1ccc(NC(=O)c2ncc(-c3c(F)ccc4[nH]ccc34)n2C)cc1C)N1CCN(C(=O)C[C@@H]2CCNC2)CC1. The molecule has 4 aromatic rings. The summed E-state index contributed by atoms with van der Waals surface area (Å²) in [5.41, 5.74) is 5.25. The van der Waals surface area contributed by atoms with Crippen molar-refractivity contribution in [1.82, 2.24) is 29.7 Å². The van der Waals surface area contributed by atoms with Crippen LogP contribution in [-0.4, -0.2) is 75.4 Å². The van der Waals surface area contributed by atoms with Gasteiger partial charge in [-0.25, -0.2) is 9.37 Å². The van der Waals surface area contributed by atoms with Crippen LogP contribution >= 0.6 is 0 Å². The van der Waals surface area contributed by atoms with Crippen LogP contribution in [0.5, 0.6) is 0 Å². The number of hydrogen-bond donors (Lipinski definition) is 3. The van der Waals surface area contributed by atoms with Gasteiger partial charge in [-0.1, -0.05) is 12.6 Å². The van der Waals surface area contributed by atoms with Crippen LogP contribution in [0.3, 0.4) is 0 Å². The van der Waals surface area contributed by atoms with E-state index in [4.69, 9.17) is 0 Å². The number of aromatic amines is 1. The molecular weight excluding hydrogens is 533 g/mol. The second-order valence-corrected chi connectivity index (χ2v) is 11.2. The summed E-state index contributed by atoms with van der Waals surface area (Å²) in [7, 11) is 1.71. The Kier molecular flexibility index (Phi) is 7.55. The van der Waals surface area contributed by atoms with E-state index in [1.165, 1.54) is 12.3 Å². The first-order chi connectivity index (χ1) is 20.3. The molecule has 9 nitrogen and oxygen atoms in total. The molecule has 2 fully saturated rings. The number of H-pyrrole nitrogens is 1. The molecule has 0 aliphatic carbocycles. The highest BCUT2D eigenvalue weighted by molar-refractivity contribution is 6.03. The number of benzene rings is 2. The number of halogens is 1. The normalized spacial score (nSPS) is 17.2. The van der Waals surface area contributed by atoms with Gasteiger partial charge in [-0.15, -0.1) is 0 Å². The Morgan fingerprint density at radius 3 is 2.64 bits per heavy atom. The fourth-order valence-electron chi connectivity index (χ4n) is 6.13. The van der Waals surface area contributed by atoms with Crippen molar-refractivity contribution in [3.63, 3.8) is 0 Å². The molecule has 2 saturated heterocycles. The Balaban J connectivity index is 1.10. The molecule has 0 spiro atoms. The van der Waals surface area contributed by atoms with Crippen molar-refractivity contribution in [2.45, 2.75) is 19.8 Å². The lowest BCUT2D eigenvalue weighted by Gasteiger charge is -2.37. The molecule has 0 unspecified atom stereocenters. The molecule has 2 amide bonds. The van der Waals surface area contributed by atoms with Gasteiger partial charge in [-0.3, -0.25) is 9.59 Å². The monoisotopic (exact) mass is 569 g/mol. The van der Waals surface area contributed by atoms with Gasteiger partial charge in [0.05, 0.1) is 11.9 Å². The van der Waals surface area contributed by atoms with Gasteiger partial charge in [0.15, 0.2) is 5.82 Å². The maximum absolute atomic E-state index is 14.8. The number of hydrogen-bond acceptors (Lipinski definition) is 5. The van der Waals surface area contributed by atoms with Crippen LogP contribution in [0.4, 0.5) is 10.1 Å². The Hall–Kier alpha value is -4.44. The molecule has 2 aromatic heterocycles. The van der Waals surface area contributed by atoms with E-state index < -0.39 is 0 Å². The van der Waals surface area contributed by atoms with Gasteiger partial charge in [-0.05, 0) is 68.2 Å². The van der Waals surface area contributed by atoms with E-state index in [1.807, 2.05) is 36.1 Å². The van der Waals surface area contributed by atoms with Gasteiger partial charge in [0.25, 0.3) is 5.91 Å². The predicted molar refractivity (Wildman–Crippen MR) is 162 cm³/mol. The zero-order chi connectivity index (χ0) is 29.4. The maximum atomic E-state index is 14.8. The van der Waals surface area contributed by atoms with Gasteiger partial charge in [0.2, 0.25) is 5.91 Å². The average Bonchev–Trinajstić information content (AvgIpc) is 3.75. The number of piperazine rings is 1. The van der Waals surface area contributed by atoms with Crippen molar-refractivity contribution in [2.24, 2.45) is 13.0 Å². The molecule has 6 rings (SSSR count). The van der Waals surface area contributed by atoms with Crippen LogP contribution in [0, 0.1) is 18.7 Å². The molecule has 218 valence electrons. The maximum Gasteiger partial charge on any atom is 0.291 e. The van der Waals surface area contributed by atoms with Gasteiger partial charge >= 0.3 is 0 Å². The quantitative estimate of drug-likeness (QED) is 0.307. The number of nitrogens with zero attached hydrogens (tertiary/aromatic N) is 4. The first-order valence-electron chi connectivity index (χ1n) is 14.4. The number of aromatic nitrogens is 3. The highest BCUT2D eigenvalue weighted by Crippen LogP contribution is 2.32. The third-order valence-electron chi connectivity index (χ3n) is 8.57. The summed E-state index contributed by atoms with van der Waals surface area (Å²) in [6.45, 7) is 11.1. The summed E-state index contributed by atoms with van der Waals surface area (Å²) in [5.74, 6) is 0.120. The number of rotatable bonds is 7. The van der Waals surface area contributed by atoms with Crippen LogP contribution in [-0.2, 0) is 11.8 Å². The Morgan fingerprint density at radius 2 is 1.90 bits per heavy atom. The minimum absolute atomic E-state index is 0.180. The largest absolute Gasteiger partial charge is 0.368 e. The van der Waals surface area contributed by atoms with Gasteiger partial charge in [-0.2, -0.15) is 0 Å². The van der Waals surface area contributed by atoms with E-state index in [1.54, 1.807) is 23.9 Å². The molecule has 4 heterocycles. The average molecular weight is 570 g/mol. The summed E-state index contributed by atoms with van der Waals surface area (Å²) in [6.07, 6.45) is 4.98. The predicted octanol–water partition coefficient (Wildman–Crippen LogP) is 4.38. The number of carbonyl (C=O) groups is 2. The standard InChI is InChI=1S/C32H36FN7O2/c1-20-16-23(4-5-24(20)21(2)39-12-14-40(15-13-39)29(41)17-22-8-10-34-18-22)37-32(42)31-36-19-28(38(31)3)30-25-9-11-35-27(25)7-6-26(30)33/h4-7,9,11,16,19,22,34-35H,2,8,10,12-15,17-18H2,1,3H3,(H,37,42)/t22-/m0/s1. The van der Waals surface area contributed by atoms with E-state index in [0.29, 0.717) is 42.4 Å². The van der Waals surface area contributed by atoms with Gasteiger partial charge in [0, 0.05) is 79.3 Å². The van der Waals surface area contributed by atoms with Gasteiger partial charge < -0.3 is 30.0 Å². The van der Waals surface area contributed by atoms with Crippen LogP contribution < -0.4 is 10.6 Å². The second kappa shape index (κ2) is 11.4. The van der Waals surface area contributed by atoms with E-state index in [9.17, 15) is 14.0 Å². The van der Waals surface area contributed by atoms with Crippen molar-refractivity contribution >= 4 is 34.1 Å². The number of anilines is 1. The molecular formula is C32H36FN7O2. The molecule has 1 atom stereocenters. The molecule has 42 heavy (non-hydrogen) atoms.